The molecule has 7 nitrogen and oxygen atoms in total. The fourth-order valence-electron chi connectivity index (χ4n) is 3.62. The van der Waals surface area contributed by atoms with Gasteiger partial charge in [0.25, 0.3) is 11.8 Å². The number of hydrogen-bond donors (Lipinski definition) is 2. The number of likely N-dealkylation sites (N-methyl/N-ethyl adjacent to an activating group) is 1. The highest BCUT2D eigenvalue weighted by Gasteiger charge is 2.16. The van der Waals surface area contributed by atoms with E-state index in [9.17, 15) is 9.59 Å². The van der Waals surface area contributed by atoms with Crippen molar-refractivity contribution in [3.05, 3.63) is 95.6 Å². The van der Waals surface area contributed by atoms with Gasteiger partial charge in [0, 0.05) is 50.1 Å². The average molecular weight is 445 g/mol. The molecule has 33 heavy (non-hydrogen) atoms. The van der Waals surface area contributed by atoms with E-state index in [-0.39, 0.29) is 17.5 Å². The van der Waals surface area contributed by atoms with Crippen molar-refractivity contribution < 1.29 is 14.0 Å². The highest BCUT2D eigenvalue weighted by atomic mass is 16.3. The molecule has 0 bridgehead atoms. The molecule has 2 heterocycles. The molecular weight excluding hydrogens is 416 g/mol. The molecule has 0 atom stereocenters. The van der Waals surface area contributed by atoms with Crippen LogP contribution in [0.5, 0.6) is 0 Å². The number of carbonyl (C=O) groups is 2. The van der Waals surface area contributed by atoms with Gasteiger partial charge in [0.2, 0.25) is 0 Å². The minimum Gasteiger partial charge on any atom is -0.465 e. The molecule has 170 valence electrons. The maximum Gasteiger partial charge on any atom is 0.268 e. The fraction of sp³-hybridized carbons (Fsp3) is 0.231. The molecule has 0 aliphatic carbocycles. The minimum absolute atomic E-state index is 0.118. The molecule has 0 spiro atoms. The number of anilines is 1. The van der Waals surface area contributed by atoms with E-state index in [0.29, 0.717) is 17.9 Å². The number of furan rings is 1. The molecular formula is C26H28N4O3. The van der Waals surface area contributed by atoms with E-state index in [1.165, 1.54) is 18.0 Å². The lowest BCUT2D eigenvalue weighted by atomic mass is 10.1. The van der Waals surface area contributed by atoms with Crippen molar-refractivity contribution in [3.8, 4) is 0 Å². The number of nitrogens with one attached hydrogen (secondary N) is 2. The number of rotatable bonds is 7. The summed E-state index contributed by atoms with van der Waals surface area (Å²) < 4.78 is 5.33. The predicted molar refractivity (Wildman–Crippen MR) is 129 cm³/mol. The van der Waals surface area contributed by atoms with Crippen molar-refractivity contribution in [2.24, 2.45) is 0 Å². The van der Waals surface area contributed by atoms with Gasteiger partial charge in [-0.3, -0.25) is 9.59 Å². The quantitative estimate of drug-likeness (QED) is 0.548. The Morgan fingerprint density at radius 1 is 0.939 bits per heavy atom. The molecule has 2 aromatic carbocycles. The summed E-state index contributed by atoms with van der Waals surface area (Å²) >= 11 is 0. The van der Waals surface area contributed by atoms with Gasteiger partial charge in [-0.25, -0.2) is 0 Å². The number of benzene rings is 2. The Kier molecular flexibility index (Phi) is 7.22. The number of piperazine rings is 1. The summed E-state index contributed by atoms with van der Waals surface area (Å²) in [4.78, 5) is 30.2. The normalized spacial score (nSPS) is 14.7. The van der Waals surface area contributed by atoms with E-state index in [1.807, 2.05) is 18.2 Å². The van der Waals surface area contributed by atoms with Crippen LogP contribution in [0.15, 0.2) is 83.1 Å². The van der Waals surface area contributed by atoms with Gasteiger partial charge in [-0.2, -0.15) is 0 Å². The lowest BCUT2D eigenvalue weighted by Crippen LogP contribution is -2.44. The lowest BCUT2D eigenvalue weighted by Gasteiger charge is -2.34. The van der Waals surface area contributed by atoms with Crippen molar-refractivity contribution in [3.63, 3.8) is 0 Å². The number of nitrogens with zero attached hydrogens (tertiary/aromatic N) is 2. The number of carbonyl (C=O) groups excluding carboxylic acids is 2. The fourth-order valence-corrected chi connectivity index (χ4v) is 3.62. The third-order valence-corrected chi connectivity index (χ3v) is 5.62. The van der Waals surface area contributed by atoms with Crippen molar-refractivity contribution >= 4 is 23.6 Å². The van der Waals surface area contributed by atoms with Crippen LogP contribution in [0.25, 0.3) is 6.08 Å². The van der Waals surface area contributed by atoms with Gasteiger partial charge in [0.05, 0.1) is 6.26 Å². The summed E-state index contributed by atoms with van der Waals surface area (Å²) in [5.74, 6) is -0.274. The van der Waals surface area contributed by atoms with E-state index in [4.69, 9.17) is 4.42 Å². The molecule has 1 aliphatic rings. The second kappa shape index (κ2) is 10.7. The van der Waals surface area contributed by atoms with Gasteiger partial charge in [0.15, 0.2) is 0 Å². The summed E-state index contributed by atoms with van der Waals surface area (Å²) in [6.45, 7) is 4.47. The zero-order valence-electron chi connectivity index (χ0n) is 18.7. The van der Waals surface area contributed by atoms with E-state index >= 15 is 0 Å². The Balaban J connectivity index is 1.40. The summed E-state index contributed by atoms with van der Waals surface area (Å²) in [5, 5.41) is 5.59. The lowest BCUT2D eigenvalue weighted by molar-refractivity contribution is -0.117. The van der Waals surface area contributed by atoms with Gasteiger partial charge < -0.3 is 24.9 Å². The van der Waals surface area contributed by atoms with Gasteiger partial charge in [0.1, 0.15) is 11.5 Å². The van der Waals surface area contributed by atoms with E-state index in [0.717, 1.165) is 31.7 Å². The van der Waals surface area contributed by atoms with E-state index in [2.05, 4.69) is 39.6 Å². The highest BCUT2D eigenvalue weighted by molar-refractivity contribution is 6.05. The minimum atomic E-state index is -0.390. The Labute approximate surface area is 193 Å². The maximum atomic E-state index is 12.9. The van der Waals surface area contributed by atoms with Crippen LogP contribution in [0.2, 0.25) is 0 Å². The van der Waals surface area contributed by atoms with Crippen LogP contribution in [0.1, 0.15) is 21.7 Å². The summed E-state index contributed by atoms with van der Waals surface area (Å²) in [6.07, 6.45) is 3.04. The molecule has 0 unspecified atom stereocenters. The molecule has 1 saturated heterocycles. The smallest absolute Gasteiger partial charge is 0.268 e. The maximum absolute atomic E-state index is 12.9. The van der Waals surface area contributed by atoms with Crippen molar-refractivity contribution in [1.29, 1.82) is 0 Å². The summed E-state index contributed by atoms with van der Waals surface area (Å²) in [6, 6.07) is 20.4. The molecule has 1 aromatic heterocycles. The molecule has 2 N–H and O–H groups in total. The molecule has 1 fully saturated rings. The van der Waals surface area contributed by atoms with Crippen LogP contribution in [-0.4, -0.2) is 49.9 Å². The molecule has 4 rings (SSSR count). The molecule has 0 saturated carbocycles. The third-order valence-electron chi connectivity index (χ3n) is 5.62. The van der Waals surface area contributed by atoms with Gasteiger partial charge >= 0.3 is 0 Å². The van der Waals surface area contributed by atoms with Crippen molar-refractivity contribution in [2.45, 2.75) is 6.54 Å². The largest absolute Gasteiger partial charge is 0.465 e. The second-order valence-electron chi connectivity index (χ2n) is 8.03. The Hall–Kier alpha value is -3.84. The molecule has 7 heteroatoms. The summed E-state index contributed by atoms with van der Waals surface area (Å²) in [7, 11) is 2.14. The first-order valence-corrected chi connectivity index (χ1v) is 11.0. The van der Waals surface area contributed by atoms with Crippen LogP contribution in [-0.2, 0) is 11.3 Å². The van der Waals surface area contributed by atoms with Crippen LogP contribution in [0.3, 0.4) is 0 Å². The van der Waals surface area contributed by atoms with Crippen molar-refractivity contribution in [2.75, 3.05) is 38.1 Å². The van der Waals surface area contributed by atoms with Crippen LogP contribution >= 0.6 is 0 Å². The second-order valence-corrected chi connectivity index (χ2v) is 8.03. The van der Waals surface area contributed by atoms with Gasteiger partial charge in [-0.1, -0.05) is 30.3 Å². The summed E-state index contributed by atoms with van der Waals surface area (Å²) in [5.41, 5.74) is 2.75. The van der Waals surface area contributed by atoms with Crippen LogP contribution in [0.4, 0.5) is 5.69 Å². The third kappa shape index (κ3) is 6.11. The number of hydrogen-bond acceptors (Lipinski definition) is 5. The predicted octanol–water partition coefficient (Wildman–Crippen LogP) is 3.12. The monoisotopic (exact) mass is 444 g/mol. The molecule has 3 aromatic rings. The standard InChI is InChI=1S/C26H28N4O3/c1-29-13-15-30(16-14-29)22-11-9-20(10-12-22)19-27-26(32)24(18-23-8-5-17-33-23)28-25(31)21-6-3-2-4-7-21/h2-12,17-18H,13-16,19H2,1H3,(H,27,32)(H,28,31)/b24-18-. The van der Waals surface area contributed by atoms with Gasteiger partial charge in [-0.15, -0.1) is 0 Å². The van der Waals surface area contributed by atoms with Crippen LogP contribution in [0, 0.1) is 0 Å². The zero-order valence-corrected chi connectivity index (χ0v) is 18.7. The Bertz CT molecular complexity index is 1080. The van der Waals surface area contributed by atoms with E-state index in [1.54, 1.807) is 36.4 Å². The highest BCUT2D eigenvalue weighted by Crippen LogP contribution is 2.17. The number of amides is 2. The van der Waals surface area contributed by atoms with Crippen LogP contribution < -0.4 is 15.5 Å². The molecule has 0 radical (unpaired) electrons. The first-order valence-electron chi connectivity index (χ1n) is 11.0. The topological polar surface area (TPSA) is 77.8 Å². The first kappa shape index (κ1) is 22.4. The van der Waals surface area contributed by atoms with Crippen molar-refractivity contribution in [1.82, 2.24) is 15.5 Å². The Morgan fingerprint density at radius 2 is 1.67 bits per heavy atom. The Morgan fingerprint density at radius 3 is 2.33 bits per heavy atom. The zero-order chi connectivity index (χ0) is 23.0. The molecule has 1 aliphatic heterocycles. The SMILES string of the molecule is CN1CCN(c2ccc(CNC(=O)/C(=C/c3ccco3)NC(=O)c3ccccc3)cc2)CC1. The van der Waals surface area contributed by atoms with Gasteiger partial charge in [-0.05, 0) is 49.0 Å². The van der Waals surface area contributed by atoms with E-state index < -0.39 is 0 Å². The average Bonchev–Trinajstić information content (AvgIpc) is 3.37. The molecule has 2 amide bonds. The first-order chi connectivity index (χ1) is 16.1.